The minimum atomic E-state index is -0.587. The molecule has 5 nitrogen and oxygen atoms in total. The molecule has 146 valence electrons. The van der Waals surface area contributed by atoms with E-state index in [4.69, 9.17) is 0 Å². The van der Waals surface area contributed by atoms with Crippen LogP contribution >= 0.6 is 0 Å². The largest absolute Gasteiger partial charge is 0.348 e. The SMILES string of the molecule is CCN1c2cc(F)ccc2C(=O)NC12CCN(C(=O)c1ccc(C)cc1)CC2. The summed E-state index contributed by atoms with van der Waals surface area (Å²) in [6, 6.07) is 11.8. The van der Waals surface area contributed by atoms with Crippen LogP contribution in [0.3, 0.4) is 0 Å². The Labute approximate surface area is 164 Å². The van der Waals surface area contributed by atoms with E-state index in [1.54, 1.807) is 0 Å². The number of amides is 2. The van der Waals surface area contributed by atoms with Gasteiger partial charge in [0.05, 0.1) is 11.3 Å². The summed E-state index contributed by atoms with van der Waals surface area (Å²) in [5.74, 6) is -0.529. The number of halogens is 1. The average molecular weight is 381 g/mol. The Balaban J connectivity index is 1.56. The fraction of sp³-hybridized carbons (Fsp3) is 0.364. The monoisotopic (exact) mass is 381 g/mol. The van der Waals surface area contributed by atoms with Gasteiger partial charge in [-0.15, -0.1) is 0 Å². The first-order valence-corrected chi connectivity index (χ1v) is 9.69. The smallest absolute Gasteiger partial charge is 0.255 e. The summed E-state index contributed by atoms with van der Waals surface area (Å²) in [5.41, 5.74) is 2.32. The zero-order valence-corrected chi connectivity index (χ0v) is 16.2. The number of fused-ring (bicyclic) bond motifs is 1. The normalized spacial score (nSPS) is 18.0. The number of aryl methyl sites for hydroxylation is 1. The van der Waals surface area contributed by atoms with Gasteiger partial charge in [0.15, 0.2) is 0 Å². The Morgan fingerprint density at radius 1 is 1.14 bits per heavy atom. The Bertz CT molecular complexity index is 918. The molecule has 1 N–H and O–H groups in total. The Morgan fingerprint density at radius 3 is 2.46 bits per heavy atom. The molecular weight excluding hydrogens is 357 g/mol. The summed E-state index contributed by atoms with van der Waals surface area (Å²) in [4.78, 5) is 29.4. The van der Waals surface area contributed by atoms with Gasteiger partial charge in [-0.1, -0.05) is 17.7 Å². The van der Waals surface area contributed by atoms with Crippen LogP contribution in [0.25, 0.3) is 0 Å². The van der Waals surface area contributed by atoms with Crippen LogP contribution in [0, 0.1) is 12.7 Å². The maximum Gasteiger partial charge on any atom is 0.255 e. The molecule has 0 atom stereocenters. The van der Waals surface area contributed by atoms with E-state index in [1.807, 2.05) is 43.0 Å². The van der Waals surface area contributed by atoms with Gasteiger partial charge in [0.2, 0.25) is 0 Å². The van der Waals surface area contributed by atoms with Crippen molar-refractivity contribution in [3.05, 3.63) is 65.0 Å². The van der Waals surface area contributed by atoms with Crippen molar-refractivity contribution in [3.63, 3.8) is 0 Å². The predicted octanol–water partition coefficient (Wildman–Crippen LogP) is 3.34. The first-order valence-electron chi connectivity index (χ1n) is 9.69. The van der Waals surface area contributed by atoms with Crippen molar-refractivity contribution in [2.24, 2.45) is 0 Å². The molecule has 6 heteroatoms. The van der Waals surface area contributed by atoms with Crippen molar-refractivity contribution in [3.8, 4) is 0 Å². The number of nitrogens with one attached hydrogen (secondary N) is 1. The molecular formula is C22H24FN3O2. The molecule has 2 amide bonds. The number of likely N-dealkylation sites (tertiary alicyclic amines) is 1. The lowest BCUT2D eigenvalue weighted by atomic mass is 9.89. The zero-order chi connectivity index (χ0) is 19.9. The fourth-order valence-electron chi connectivity index (χ4n) is 4.32. The van der Waals surface area contributed by atoms with Crippen LogP contribution in [-0.2, 0) is 0 Å². The maximum atomic E-state index is 13.9. The van der Waals surface area contributed by atoms with Crippen LogP contribution in [0.15, 0.2) is 42.5 Å². The Morgan fingerprint density at radius 2 is 1.82 bits per heavy atom. The highest BCUT2D eigenvalue weighted by atomic mass is 19.1. The molecule has 1 saturated heterocycles. The highest BCUT2D eigenvalue weighted by Gasteiger charge is 2.45. The highest BCUT2D eigenvalue weighted by Crippen LogP contribution is 2.37. The van der Waals surface area contributed by atoms with Crippen LogP contribution in [0.2, 0.25) is 0 Å². The standard InChI is InChI=1S/C22H24FN3O2/c1-3-26-19-14-17(23)8-9-18(19)20(27)24-22(26)10-12-25(13-11-22)21(28)16-6-4-15(2)5-7-16/h4-9,14H,3,10-13H2,1-2H3,(H,24,27). The van der Waals surface area contributed by atoms with E-state index in [-0.39, 0.29) is 17.6 Å². The van der Waals surface area contributed by atoms with Crippen molar-refractivity contribution < 1.29 is 14.0 Å². The molecule has 28 heavy (non-hydrogen) atoms. The summed E-state index contributed by atoms with van der Waals surface area (Å²) >= 11 is 0. The van der Waals surface area contributed by atoms with Crippen molar-refractivity contribution in [1.82, 2.24) is 10.2 Å². The van der Waals surface area contributed by atoms with Gasteiger partial charge in [-0.2, -0.15) is 0 Å². The number of nitrogens with zero attached hydrogens (tertiary/aromatic N) is 2. The minimum absolute atomic E-state index is 0.00600. The maximum absolute atomic E-state index is 13.9. The van der Waals surface area contributed by atoms with Crippen molar-refractivity contribution in [2.75, 3.05) is 24.5 Å². The molecule has 1 fully saturated rings. The van der Waals surface area contributed by atoms with Crippen LogP contribution in [0.4, 0.5) is 10.1 Å². The molecule has 0 saturated carbocycles. The molecule has 0 bridgehead atoms. The van der Waals surface area contributed by atoms with Gasteiger partial charge in [-0.05, 0) is 44.2 Å². The van der Waals surface area contributed by atoms with E-state index < -0.39 is 5.66 Å². The van der Waals surface area contributed by atoms with E-state index >= 15 is 0 Å². The van der Waals surface area contributed by atoms with E-state index in [0.29, 0.717) is 49.3 Å². The molecule has 2 aromatic carbocycles. The van der Waals surface area contributed by atoms with Crippen molar-refractivity contribution in [1.29, 1.82) is 0 Å². The number of hydrogen-bond acceptors (Lipinski definition) is 3. The van der Waals surface area contributed by atoms with Gasteiger partial charge in [0.25, 0.3) is 11.8 Å². The number of carbonyl (C=O) groups is 2. The van der Waals surface area contributed by atoms with Crippen LogP contribution in [0.5, 0.6) is 0 Å². The zero-order valence-electron chi connectivity index (χ0n) is 16.2. The summed E-state index contributed by atoms with van der Waals surface area (Å²) in [7, 11) is 0. The number of carbonyl (C=O) groups excluding carboxylic acids is 2. The van der Waals surface area contributed by atoms with E-state index in [1.165, 1.54) is 18.2 Å². The summed E-state index contributed by atoms with van der Waals surface area (Å²) in [6.45, 7) is 5.70. The van der Waals surface area contributed by atoms with Crippen LogP contribution in [-0.4, -0.2) is 42.0 Å². The van der Waals surface area contributed by atoms with Gasteiger partial charge in [-0.3, -0.25) is 9.59 Å². The third-order valence-corrected chi connectivity index (χ3v) is 5.85. The average Bonchev–Trinajstić information content (AvgIpc) is 2.69. The molecule has 0 aliphatic carbocycles. The lowest BCUT2D eigenvalue weighted by Crippen LogP contribution is -2.68. The third-order valence-electron chi connectivity index (χ3n) is 5.85. The van der Waals surface area contributed by atoms with E-state index in [9.17, 15) is 14.0 Å². The van der Waals surface area contributed by atoms with Gasteiger partial charge in [-0.25, -0.2) is 4.39 Å². The summed E-state index contributed by atoms with van der Waals surface area (Å²) < 4.78 is 13.9. The highest BCUT2D eigenvalue weighted by molar-refractivity contribution is 6.02. The number of benzene rings is 2. The first kappa shape index (κ1) is 18.5. The molecule has 1 spiro atoms. The van der Waals surface area contributed by atoms with Gasteiger partial charge in [0.1, 0.15) is 11.5 Å². The second kappa shape index (κ2) is 6.93. The molecule has 0 aromatic heterocycles. The second-order valence-corrected chi connectivity index (χ2v) is 7.55. The number of piperidine rings is 1. The minimum Gasteiger partial charge on any atom is -0.348 e. The molecule has 0 unspecified atom stereocenters. The van der Waals surface area contributed by atoms with Gasteiger partial charge < -0.3 is 15.1 Å². The summed E-state index contributed by atoms with van der Waals surface area (Å²) in [5, 5.41) is 3.14. The quantitative estimate of drug-likeness (QED) is 0.868. The number of rotatable bonds is 2. The number of hydrogen-bond donors (Lipinski definition) is 1. The van der Waals surface area contributed by atoms with Gasteiger partial charge in [0, 0.05) is 38.0 Å². The van der Waals surface area contributed by atoms with Gasteiger partial charge >= 0.3 is 0 Å². The first-order chi connectivity index (χ1) is 13.4. The second-order valence-electron chi connectivity index (χ2n) is 7.55. The predicted molar refractivity (Wildman–Crippen MR) is 106 cm³/mol. The molecule has 2 aliphatic heterocycles. The molecule has 2 aromatic rings. The van der Waals surface area contributed by atoms with Crippen LogP contribution in [0.1, 0.15) is 46.0 Å². The lowest BCUT2D eigenvalue weighted by molar-refractivity contribution is 0.0603. The fourth-order valence-corrected chi connectivity index (χ4v) is 4.32. The molecule has 2 heterocycles. The molecule has 4 rings (SSSR count). The van der Waals surface area contributed by atoms with Crippen LogP contribution < -0.4 is 10.2 Å². The van der Waals surface area contributed by atoms with E-state index in [0.717, 1.165) is 5.56 Å². The van der Waals surface area contributed by atoms with Crippen molar-refractivity contribution in [2.45, 2.75) is 32.4 Å². The van der Waals surface area contributed by atoms with E-state index in [2.05, 4.69) is 10.2 Å². The molecule has 2 aliphatic rings. The van der Waals surface area contributed by atoms with Crippen molar-refractivity contribution >= 4 is 17.5 Å². The summed E-state index contributed by atoms with van der Waals surface area (Å²) in [6.07, 6.45) is 1.19. The Kier molecular flexibility index (Phi) is 4.57. The lowest BCUT2D eigenvalue weighted by Gasteiger charge is -2.52. The number of anilines is 1. The molecule has 0 radical (unpaired) electrons. The Hall–Kier alpha value is -2.89. The topological polar surface area (TPSA) is 52.7 Å². The third kappa shape index (κ3) is 3.03.